The van der Waals surface area contributed by atoms with Crippen LogP contribution in [0.1, 0.15) is 33.1 Å². The summed E-state index contributed by atoms with van der Waals surface area (Å²) in [5.41, 5.74) is 0. The second kappa shape index (κ2) is 7.59. The monoisotopic (exact) mass is 299 g/mol. The molecule has 6 nitrogen and oxygen atoms in total. The highest BCUT2D eigenvalue weighted by atomic mass is 35.5. The van der Waals surface area contributed by atoms with Crippen LogP contribution < -0.4 is 10.2 Å². The molecule has 2 heterocycles. The van der Waals surface area contributed by atoms with Crippen molar-refractivity contribution in [2.75, 3.05) is 36.5 Å². The number of nitrogens with one attached hydrogen (secondary N) is 1. The van der Waals surface area contributed by atoms with Crippen LogP contribution in [-0.4, -0.2) is 47.3 Å². The molecule has 0 aromatic carbocycles. The molecule has 0 amide bonds. The number of rotatable bonds is 6. The molecule has 0 saturated carbocycles. The fraction of sp³-hybridized carbons (Fsp3) is 0.769. The lowest BCUT2D eigenvalue weighted by atomic mass is 10.1. The Hall–Kier alpha value is -1.14. The Balaban J connectivity index is 2.08. The molecule has 0 aliphatic carbocycles. The zero-order valence-electron chi connectivity index (χ0n) is 12.1. The largest absolute Gasteiger partial charge is 0.377 e. The standard InChI is InChI=1S/C13H22ClN5O/c1-3-7-15-12-16-11(14)17-13(18-12)19-8-5-6-10(9-19)20-4-2/h10H,3-9H2,1-2H3,(H,15,16,17,18). The Labute approximate surface area is 124 Å². The van der Waals surface area contributed by atoms with Crippen LogP contribution in [0.3, 0.4) is 0 Å². The van der Waals surface area contributed by atoms with E-state index in [0.717, 1.165) is 45.5 Å². The number of aromatic nitrogens is 3. The van der Waals surface area contributed by atoms with Gasteiger partial charge in [0.25, 0.3) is 0 Å². The van der Waals surface area contributed by atoms with E-state index >= 15 is 0 Å². The third-order valence-corrected chi connectivity index (χ3v) is 3.36. The molecule has 1 aliphatic rings. The van der Waals surface area contributed by atoms with Gasteiger partial charge in [-0.2, -0.15) is 15.0 Å². The van der Waals surface area contributed by atoms with E-state index in [9.17, 15) is 0 Å². The van der Waals surface area contributed by atoms with Crippen molar-refractivity contribution >= 4 is 23.5 Å². The molecule has 1 aromatic heterocycles. The van der Waals surface area contributed by atoms with Crippen LogP contribution in [0.25, 0.3) is 0 Å². The van der Waals surface area contributed by atoms with E-state index < -0.39 is 0 Å². The van der Waals surface area contributed by atoms with Crippen LogP contribution in [0.15, 0.2) is 0 Å². The second-order valence-electron chi connectivity index (χ2n) is 4.82. The molecule has 20 heavy (non-hydrogen) atoms. The fourth-order valence-electron chi connectivity index (χ4n) is 2.29. The quantitative estimate of drug-likeness (QED) is 0.870. The Kier molecular flexibility index (Phi) is 5.79. The van der Waals surface area contributed by atoms with Gasteiger partial charge in [0, 0.05) is 26.2 Å². The molecule has 1 aromatic rings. The van der Waals surface area contributed by atoms with Crippen LogP contribution >= 0.6 is 11.6 Å². The molecule has 1 fully saturated rings. The molecule has 0 radical (unpaired) electrons. The normalized spacial score (nSPS) is 19.1. The van der Waals surface area contributed by atoms with E-state index in [1.807, 2.05) is 6.92 Å². The van der Waals surface area contributed by atoms with Crippen molar-refractivity contribution in [3.8, 4) is 0 Å². The average molecular weight is 300 g/mol. The van der Waals surface area contributed by atoms with Gasteiger partial charge in [-0.3, -0.25) is 0 Å². The number of nitrogens with zero attached hydrogens (tertiary/aromatic N) is 4. The van der Waals surface area contributed by atoms with Gasteiger partial charge in [-0.15, -0.1) is 0 Å². The van der Waals surface area contributed by atoms with Gasteiger partial charge in [-0.25, -0.2) is 0 Å². The van der Waals surface area contributed by atoms with Crippen molar-refractivity contribution in [1.82, 2.24) is 15.0 Å². The van der Waals surface area contributed by atoms with Gasteiger partial charge >= 0.3 is 0 Å². The number of piperidine rings is 1. The van der Waals surface area contributed by atoms with E-state index in [4.69, 9.17) is 16.3 Å². The molecule has 112 valence electrons. The van der Waals surface area contributed by atoms with Gasteiger partial charge in [-0.1, -0.05) is 6.92 Å². The summed E-state index contributed by atoms with van der Waals surface area (Å²) in [5, 5.41) is 3.38. The Morgan fingerprint density at radius 1 is 1.35 bits per heavy atom. The van der Waals surface area contributed by atoms with E-state index in [2.05, 4.69) is 32.1 Å². The van der Waals surface area contributed by atoms with Crippen LogP contribution in [0, 0.1) is 0 Å². The van der Waals surface area contributed by atoms with Gasteiger partial charge in [0.05, 0.1) is 6.10 Å². The zero-order chi connectivity index (χ0) is 14.4. The highest BCUT2D eigenvalue weighted by Crippen LogP contribution is 2.20. The molecule has 1 saturated heterocycles. The summed E-state index contributed by atoms with van der Waals surface area (Å²) >= 11 is 5.99. The lowest BCUT2D eigenvalue weighted by Crippen LogP contribution is -2.40. The predicted octanol–water partition coefficient (Wildman–Crippen LogP) is 2.35. The molecule has 0 bridgehead atoms. The van der Waals surface area contributed by atoms with Crippen LogP contribution in [0.5, 0.6) is 0 Å². The lowest BCUT2D eigenvalue weighted by molar-refractivity contribution is 0.0523. The summed E-state index contributed by atoms with van der Waals surface area (Å²) in [6.07, 6.45) is 3.42. The molecule has 1 unspecified atom stereocenters. The molecule has 1 aliphatic heterocycles. The third kappa shape index (κ3) is 4.18. The predicted molar refractivity (Wildman–Crippen MR) is 80.5 cm³/mol. The summed E-state index contributed by atoms with van der Waals surface area (Å²) in [5.74, 6) is 1.17. The number of anilines is 2. The number of hydrogen-bond donors (Lipinski definition) is 1. The summed E-state index contributed by atoms with van der Waals surface area (Å²) in [6.45, 7) is 7.40. The minimum Gasteiger partial charge on any atom is -0.377 e. The first-order valence-electron chi connectivity index (χ1n) is 7.25. The van der Waals surface area contributed by atoms with E-state index in [1.165, 1.54) is 0 Å². The molecule has 2 rings (SSSR count). The molecule has 1 N–H and O–H groups in total. The van der Waals surface area contributed by atoms with Crippen LogP contribution in [0.4, 0.5) is 11.9 Å². The molecular formula is C13H22ClN5O. The van der Waals surface area contributed by atoms with Crippen molar-refractivity contribution in [2.45, 2.75) is 39.2 Å². The van der Waals surface area contributed by atoms with Crippen molar-refractivity contribution in [2.24, 2.45) is 0 Å². The Bertz CT molecular complexity index is 429. The smallest absolute Gasteiger partial charge is 0.231 e. The van der Waals surface area contributed by atoms with Gasteiger partial charge in [0.2, 0.25) is 17.2 Å². The Morgan fingerprint density at radius 2 is 2.20 bits per heavy atom. The minimum atomic E-state index is 0.229. The first-order valence-corrected chi connectivity index (χ1v) is 7.62. The Morgan fingerprint density at radius 3 is 2.95 bits per heavy atom. The first kappa shape index (κ1) is 15.3. The number of halogens is 1. The highest BCUT2D eigenvalue weighted by Gasteiger charge is 2.22. The maximum Gasteiger partial charge on any atom is 0.231 e. The zero-order valence-corrected chi connectivity index (χ0v) is 12.9. The van der Waals surface area contributed by atoms with Crippen molar-refractivity contribution in [3.05, 3.63) is 5.28 Å². The van der Waals surface area contributed by atoms with E-state index in [-0.39, 0.29) is 11.4 Å². The first-order chi connectivity index (χ1) is 9.72. The highest BCUT2D eigenvalue weighted by molar-refractivity contribution is 6.28. The maximum absolute atomic E-state index is 5.99. The maximum atomic E-state index is 5.99. The van der Waals surface area contributed by atoms with Gasteiger partial charge in [0.1, 0.15) is 0 Å². The van der Waals surface area contributed by atoms with Crippen molar-refractivity contribution < 1.29 is 4.74 Å². The minimum absolute atomic E-state index is 0.229. The number of ether oxygens (including phenoxy) is 1. The van der Waals surface area contributed by atoms with Crippen molar-refractivity contribution in [1.29, 1.82) is 0 Å². The molecule has 0 spiro atoms. The SMILES string of the molecule is CCCNc1nc(Cl)nc(N2CCCC(OCC)C2)n1. The topological polar surface area (TPSA) is 63.2 Å². The van der Waals surface area contributed by atoms with Gasteiger partial charge in [-0.05, 0) is 37.8 Å². The fourth-order valence-corrected chi connectivity index (χ4v) is 2.44. The van der Waals surface area contributed by atoms with Gasteiger partial charge in [0.15, 0.2) is 0 Å². The summed E-state index contributed by atoms with van der Waals surface area (Å²) in [4.78, 5) is 14.9. The molecule has 7 heteroatoms. The van der Waals surface area contributed by atoms with Crippen molar-refractivity contribution in [3.63, 3.8) is 0 Å². The summed E-state index contributed by atoms with van der Waals surface area (Å²) < 4.78 is 5.70. The average Bonchev–Trinajstić information content (AvgIpc) is 2.45. The van der Waals surface area contributed by atoms with E-state index in [1.54, 1.807) is 0 Å². The lowest BCUT2D eigenvalue weighted by Gasteiger charge is -2.32. The number of hydrogen-bond acceptors (Lipinski definition) is 6. The molecular weight excluding hydrogens is 278 g/mol. The van der Waals surface area contributed by atoms with Crippen LogP contribution in [-0.2, 0) is 4.74 Å². The third-order valence-electron chi connectivity index (χ3n) is 3.19. The van der Waals surface area contributed by atoms with Crippen LogP contribution in [0.2, 0.25) is 5.28 Å². The summed E-state index contributed by atoms with van der Waals surface area (Å²) in [7, 11) is 0. The molecule has 1 atom stereocenters. The van der Waals surface area contributed by atoms with E-state index in [0.29, 0.717) is 11.9 Å². The van der Waals surface area contributed by atoms with Gasteiger partial charge < -0.3 is 15.0 Å². The second-order valence-corrected chi connectivity index (χ2v) is 5.16. The summed E-state index contributed by atoms with van der Waals surface area (Å²) in [6, 6.07) is 0.